The van der Waals surface area contributed by atoms with Gasteiger partial charge in [-0.1, -0.05) is 74.5 Å². The molecule has 2 rings (SSSR count). The Morgan fingerprint density at radius 3 is 1.69 bits per heavy atom. The minimum absolute atomic E-state index is 0.0368. The van der Waals surface area contributed by atoms with Crippen molar-refractivity contribution in [3.63, 3.8) is 0 Å². The molecule has 0 radical (unpaired) electrons. The Bertz CT molecular complexity index is 699. The molecule has 2 unspecified atom stereocenters. The molecule has 0 aliphatic rings. The lowest BCUT2D eigenvalue weighted by Gasteiger charge is -2.24. The minimum Gasteiger partial charge on any atom is -0.345 e. The van der Waals surface area contributed by atoms with Crippen molar-refractivity contribution >= 4 is 11.7 Å². The third kappa shape index (κ3) is 6.45. The van der Waals surface area contributed by atoms with E-state index in [1.54, 1.807) is 0 Å². The molecule has 2 N–H and O–H groups in total. The number of hydrogen-bond acceptors (Lipinski definition) is 3. The number of ketones is 1. The van der Waals surface area contributed by atoms with E-state index in [9.17, 15) is 9.59 Å². The molecule has 0 aromatic heterocycles. The van der Waals surface area contributed by atoms with Gasteiger partial charge in [-0.25, -0.2) is 0 Å². The van der Waals surface area contributed by atoms with Gasteiger partial charge >= 0.3 is 0 Å². The van der Waals surface area contributed by atoms with Gasteiger partial charge in [-0.05, 0) is 30.9 Å². The molecular weight excluding hydrogens is 324 g/mol. The molecule has 2 aromatic rings. The topological polar surface area (TPSA) is 58.2 Å². The second-order valence-electron chi connectivity index (χ2n) is 6.93. The number of amides is 1. The zero-order chi connectivity index (χ0) is 18.9. The van der Waals surface area contributed by atoms with E-state index in [1.807, 2.05) is 74.5 Å². The third-order valence-electron chi connectivity index (χ3n) is 4.22. The Hall–Kier alpha value is -2.46. The molecular formula is C22H28N2O2. The van der Waals surface area contributed by atoms with E-state index < -0.39 is 6.04 Å². The number of hydrogen-bond donors (Lipinski definition) is 2. The number of benzene rings is 2. The van der Waals surface area contributed by atoms with Crippen molar-refractivity contribution < 1.29 is 9.59 Å². The summed E-state index contributed by atoms with van der Waals surface area (Å²) in [6.07, 6.45) is 1.09. The molecule has 0 saturated carbocycles. The number of Topliss-reactive ketones (excluding diaryl/α,β-unsaturated/α-hetero) is 1. The zero-order valence-corrected chi connectivity index (χ0v) is 15.7. The minimum atomic E-state index is -0.517. The van der Waals surface area contributed by atoms with E-state index in [1.165, 1.54) is 6.92 Å². The average molecular weight is 352 g/mol. The summed E-state index contributed by atoms with van der Waals surface area (Å²) < 4.78 is 0. The lowest BCUT2D eigenvalue weighted by molar-refractivity contribution is -0.128. The lowest BCUT2D eigenvalue weighted by atomic mass is 10.0. The fraction of sp³-hybridized carbons (Fsp3) is 0.364. The van der Waals surface area contributed by atoms with E-state index in [2.05, 4.69) is 10.6 Å². The van der Waals surface area contributed by atoms with Crippen LogP contribution in [-0.2, 0) is 22.4 Å². The second-order valence-corrected chi connectivity index (χ2v) is 6.93. The van der Waals surface area contributed by atoms with Gasteiger partial charge in [0, 0.05) is 6.04 Å². The van der Waals surface area contributed by atoms with Crippen LogP contribution in [0.2, 0.25) is 0 Å². The Labute approximate surface area is 156 Å². The molecule has 0 fully saturated rings. The summed E-state index contributed by atoms with van der Waals surface area (Å²) in [4.78, 5) is 24.9. The molecule has 0 bridgehead atoms. The molecule has 1 amide bonds. The maximum absolute atomic E-state index is 12.9. The molecule has 0 spiro atoms. The van der Waals surface area contributed by atoms with Gasteiger partial charge in [0.15, 0.2) is 5.78 Å². The Morgan fingerprint density at radius 2 is 1.27 bits per heavy atom. The summed E-state index contributed by atoms with van der Waals surface area (Å²) in [6.45, 7) is 5.55. The normalized spacial score (nSPS) is 13.2. The highest BCUT2D eigenvalue weighted by molar-refractivity contribution is 5.90. The number of carbonyl (C=O) groups excluding carboxylic acids is 2. The summed E-state index contributed by atoms with van der Waals surface area (Å²) in [5.41, 5.74) is 2.12. The summed E-state index contributed by atoms with van der Waals surface area (Å²) in [5.74, 6) is -0.177. The molecule has 2 atom stereocenters. The summed E-state index contributed by atoms with van der Waals surface area (Å²) >= 11 is 0. The molecule has 0 aliphatic carbocycles. The smallest absolute Gasteiger partial charge is 0.238 e. The number of carbonyl (C=O) groups is 2. The van der Waals surface area contributed by atoms with Crippen molar-refractivity contribution in [2.24, 2.45) is 0 Å². The molecule has 2 aromatic carbocycles. The highest BCUT2D eigenvalue weighted by Gasteiger charge is 2.24. The second kappa shape index (κ2) is 9.88. The Balaban J connectivity index is 2.08. The number of nitrogens with one attached hydrogen (secondary N) is 2. The van der Waals surface area contributed by atoms with Gasteiger partial charge in [0.2, 0.25) is 5.91 Å². The van der Waals surface area contributed by atoms with Crippen LogP contribution >= 0.6 is 0 Å². The van der Waals surface area contributed by atoms with Crippen LogP contribution in [0.25, 0.3) is 0 Å². The van der Waals surface area contributed by atoms with Crippen LogP contribution in [0.3, 0.4) is 0 Å². The van der Waals surface area contributed by atoms with Crippen LogP contribution < -0.4 is 10.6 Å². The van der Waals surface area contributed by atoms with Gasteiger partial charge in [-0.2, -0.15) is 0 Å². The molecule has 4 nitrogen and oxygen atoms in total. The van der Waals surface area contributed by atoms with E-state index in [0.717, 1.165) is 11.1 Å². The maximum Gasteiger partial charge on any atom is 0.238 e. The van der Waals surface area contributed by atoms with E-state index >= 15 is 0 Å². The van der Waals surface area contributed by atoms with Crippen LogP contribution in [-0.4, -0.2) is 29.8 Å². The van der Waals surface area contributed by atoms with Gasteiger partial charge in [-0.15, -0.1) is 0 Å². The van der Waals surface area contributed by atoms with Crippen molar-refractivity contribution in [2.75, 3.05) is 0 Å². The SMILES string of the molecule is CC(=O)C(Cc1ccccc1)NC(=O)C(Cc1ccccc1)NC(C)C. The molecule has 138 valence electrons. The number of rotatable bonds is 9. The molecule has 0 saturated heterocycles. The molecule has 0 aliphatic heterocycles. The first-order valence-corrected chi connectivity index (χ1v) is 9.10. The summed E-state index contributed by atoms with van der Waals surface area (Å²) in [7, 11) is 0. The largest absolute Gasteiger partial charge is 0.345 e. The van der Waals surface area contributed by atoms with Crippen LogP contribution in [0.1, 0.15) is 31.9 Å². The quantitative estimate of drug-likeness (QED) is 0.729. The van der Waals surface area contributed by atoms with E-state index in [4.69, 9.17) is 0 Å². The average Bonchev–Trinajstić information content (AvgIpc) is 2.62. The van der Waals surface area contributed by atoms with Crippen LogP contribution in [0.4, 0.5) is 0 Å². The summed E-state index contributed by atoms with van der Waals surface area (Å²) in [6, 6.07) is 18.9. The van der Waals surface area contributed by atoms with Crippen LogP contribution in [0.5, 0.6) is 0 Å². The van der Waals surface area contributed by atoms with E-state index in [-0.39, 0.29) is 23.8 Å². The van der Waals surface area contributed by atoms with Crippen molar-refractivity contribution in [1.82, 2.24) is 10.6 Å². The first kappa shape index (κ1) is 19.9. The first-order valence-electron chi connectivity index (χ1n) is 9.10. The molecule has 26 heavy (non-hydrogen) atoms. The van der Waals surface area contributed by atoms with Crippen LogP contribution in [0.15, 0.2) is 60.7 Å². The highest BCUT2D eigenvalue weighted by atomic mass is 16.2. The first-order chi connectivity index (χ1) is 12.5. The van der Waals surface area contributed by atoms with Crippen molar-refractivity contribution in [2.45, 2.75) is 51.7 Å². The van der Waals surface area contributed by atoms with Crippen molar-refractivity contribution in [3.05, 3.63) is 71.8 Å². The predicted molar refractivity (Wildman–Crippen MR) is 105 cm³/mol. The van der Waals surface area contributed by atoms with Crippen LogP contribution in [0, 0.1) is 0 Å². The zero-order valence-electron chi connectivity index (χ0n) is 15.7. The predicted octanol–water partition coefficient (Wildman–Crippen LogP) is 2.91. The van der Waals surface area contributed by atoms with Crippen molar-refractivity contribution in [1.29, 1.82) is 0 Å². The molecule has 0 heterocycles. The Kier molecular flexibility index (Phi) is 7.54. The van der Waals surface area contributed by atoms with E-state index in [0.29, 0.717) is 12.8 Å². The summed E-state index contributed by atoms with van der Waals surface area (Å²) in [5, 5.41) is 6.25. The van der Waals surface area contributed by atoms with Gasteiger partial charge in [-0.3, -0.25) is 9.59 Å². The Morgan fingerprint density at radius 1 is 0.808 bits per heavy atom. The van der Waals surface area contributed by atoms with Gasteiger partial charge in [0.1, 0.15) is 0 Å². The molecule has 4 heteroatoms. The standard InChI is InChI=1S/C22H28N2O2/c1-16(2)23-21(15-19-12-8-5-9-13-19)22(26)24-20(17(3)25)14-18-10-6-4-7-11-18/h4-13,16,20-21,23H,14-15H2,1-3H3,(H,24,26). The fourth-order valence-corrected chi connectivity index (χ4v) is 2.90. The monoisotopic (exact) mass is 352 g/mol. The third-order valence-corrected chi connectivity index (χ3v) is 4.22. The lowest BCUT2D eigenvalue weighted by Crippen LogP contribution is -2.52. The maximum atomic E-state index is 12.9. The van der Waals surface area contributed by atoms with Crippen molar-refractivity contribution in [3.8, 4) is 0 Å². The van der Waals surface area contributed by atoms with Gasteiger partial charge in [0.25, 0.3) is 0 Å². The van der Waals surface area contributed by atoms with Gasteiger partial charge < -0.3 is 10.6 Å². The highest BCUT2D eigenvalue weighted by Crippen LogP contribution is 2.07. The van der Waals surface area contributed by atoms with Gasteiger partial charge in [0.05, 0.1) is 12.1 Å². The fourth-order valence-electron chi connectivity index (χ4n) is 2.90.